The second-order valence-electron chi connectivity index (χ2n) is 8.36. The number of benzene rings is 1. The Hall–Kier alpha value is -1.73. The van der Waals surface area contributed by atoms with Gasteiger partial charge in [0.1, 0.15) is 0 Å². The zero-order valence-corrected chi connectivity index (χ0v) is 16.4. The third kappa shape index (κ3) is 3.55. The van der Waals surface area contributed by atoms with Crippen LogP contribution < -0.4 is 5.32 Å². The zero-order valence-electron chi connectivity index (χ0n) is 16.4. The van der Waals surface area contributed by atoms with Gasteiger partial charge in [0.25, 0.3) is 0 Å². The zero-order chi connectivity index (χ0) is 18.9. The SMILES string of the molecule is CN(C)C1(c2ccccc2)CCC2(CC1)CN(CCn1ccnc1)C(O)N2. The minimum absolute atomic E-state index is 0.0165. The molecule has 0 radical (unpaired) electrons. The third-order valence-electron chi connectivity index (χ3n) is 6.69. The Bertz CT molecular complexity index is 722. The molecule has 27 heavy (non-hydrogen) atoms. The van der Waals surface area contributed by atoms with Crippen molar-refractivity contribution >= 4 is 0 Å². The molecule has 146 valence electrons. The molecule has 2 aliphatic rings. The van der Waals surface area contributed by atoms with Crippen LogP contribution in [-0.4, -0.2) is 63.5 Å². The molecule has 1 saturated carbocycles. The summed E-state index contributed by atoms with van der Waals surface area (Å²) in [4.78, 5) is 8.64. The Kier molecular flexibility index (Phi) is 5.07. The fourth-order valence-electron chi connectivity index (χ4n) is 4.94. The molecule has 1 saturated heterocycles. The van der Waals surface area contributed by atoms with Crippen molar-refractivity contribution in [3.8, 4) is 0 Å². The highest BCUT2D eigenvalue weighted by Gasteiger charge is 2.49. The number of aliphatic hydroxyl groups excluding tert-OH is 1. The largest absolute Gasteiger partial charge is 0.365 e. The van der Waals surface area contributed by atoms with Crippen LogP contribution in [0.2, 0.25) is 0 Å². The molecule has 2 heterocycles. The van der Waals surface area contributed by atoms with Crippen molar-refractivity contribution in [2.24, 2.45) is 0 Å². The topological polar surface area (TPSA) is 56.6 Å². The molecule has 4 rings (SSSR count). The Balaban J connectivity index is 1.43. The average Bonchev–Trinajstić information content (AvgIpc) is 3.29. The summed E-state index contributed by atoms with van der Waals surface area (Å²) in [5.41, 5.74) is 1.51. The number of aliphatic hydroxyl groups is 1. The number of nitrogens with zero attached hydrogens (tertiary/aromatic N) is 4. The van der Waals surface area contributed by atoms with Crippen molar-refractivity contribution < 1.29 is 5.11 Å². The van der Waals surface area contributed by atoms with E-state index < -0.39 is 6.35 Å². The van der Waals surface area contributed by atoms with E-state index in [9.17, 15) is 5.11 Å². The molecule has 6 heteroatoms. The molecule has 6 nitrogen and oxygen atoms in total. The van der Waals surface area contributed by atoms with Crippen LogP contribution in [0.1, 0.15) is 31.2 Å². The van der Waals surface area contributed by atoms with E-state index in [1.165, 1.54) is 5.56 Å². The monoisotopic (exact) mass is 369 g/mol. The van der Waals surface area contributed by atoms with Gasteiger partial charge in [-0.2, -0.15) is 0 Å². The maximum atomic E-state index is 10.6. The molecule has 2 fully saturated rings. The lowest BCUT2D eigenvalue weighted by Gasteiger charge is -2.49. The van der Waals surface area contributed by atoms with E-state index in [4.69, 9.17) is 0 Å². The van der Waals surface area contributed by atoms with Gasteiger partial charge in [-0.3, -0.25) is 15.1 Å². The predicted molar refractivity (Wildman–Crippen MR) is 106 cm³/mol. The Morgan fingerprint density at radius 2 is 1.89 bits per heavy atom. The first-order valence-electron chi connectivity index (χ1n) is 9.92. The van der Waals surface area contributed by atoms with Crippen molar-refractivity contribution in [1.82, 2.24) is 24.7 Å². The van der Waals surface area contributed by atoms with Gasteiger partial charge in [-0.1, -0.05) is 30.3 Å². The van der Waals surface area contributed by atoms with Gasteiger partial charge in [0.15, 0.2) is 6.35 Å². The molecule has 1 aliphatic heterocycles. The lowest BCUT2D eigenvalue weighted by atomic mass is 9.69. The minimum atomic E-state index is -0.558. The van der Waals surface area contributed by atoms with E-state index >= 15 is 0 Å². The normalized spacial score (nSPS) is 31.8. The van der Waals surface area contributed by atoms with Gasteiger partial charge in [0.05, 0.1) is 6.33 Å². The number of aromatic nitrogens is 2. The van der Waals surface area contributed by atoms with E-state index in [1.54, 1.807) is 6.20 Å². The predicted octanol–water partition coefficient (Wildman–Crippen LogP) is 1.83. The molecule has 2 aromatic rings. The average molecular weight is 370 g/mol. The van der Waals surface area contributed by atoms with Crippen LogP contribution >= 0.6 is 0 Å². The molecule has 1 aromatic carbocycles. The summed E-state index contributed by atoms with van der Waals surface area (Å²) >= 11 is 0. The fraction of sp³-hybridized carbons (Fsp3) is 0.571. The van der Waals surface area contributed by atoms with E-state index in [0.717, 1.165) is 45.3 Å². The molecular formula is C21H31N5O. The number of hydrogen-bond acceptors (Lipinski definition) is 5. The van der Waals surface area contributed by atoms with Gasteiger partial charge in [-0.25, -0.2) is 4.98 Å². The highest BCUT2D eigenvalue weighted by Crippen LogP contribution is 2.46. The van der Waals surface area contributed by atoms with Gasteiger partial charge in [-0.15, -0.1) is 0 Å². The smallest absolute Gasteiger partial charge is 0.163 e. The summed E-state index contributed by atoms with van der Waals surface area (Å²) in [6, 6.07) is 10.9. The first-order valence-corrected chi connectivity index (χ1v) is 9.92. The van der Waals surface area contributed by atoms with E-state index in [-0.39, 0.29) is 11.1 Å². The summed E-state index contributed by atoms with van der Waals surface area (Å²) in [6.07, 6.45) is 9.37. The lowest BCUT2D eigenvalue weighted by Crippen LogP contribution is -2.54. The van der Waals surface area contributed by atoms with Crippen LogP contribution in [0.25, 0.3) is 0 Å². The molecule has 0 bridgehead atoms. The Morgan fingerprint density at radius 3 is 2.52 bits per heavy atom. The van der Waals surface area contributed by atoms with Crippen LogP contribution in [0.3, 0.4) is 0 Å². The quantitative estimate of drug-likeness (QED) is 0.842. The summed E-state index contributed by atoms with van der Waals surface area (Å²) in [5.74, 6) is 0. The van der Waals surface area contributed by atoms with Crippen molar-refractivity contribution in [3.63, 3.8) is 0 Å². The van der Waals surface area contributed by atoms with Crippen molar-refractivity contribution in [1.29, 1.82) is 0 Å². The van der Waals surface area contributed by atoms with Gasteiger partial charge in [-0.05, 0) is 45.3 Å². The summed E-state index contributed by atoms with van der Waals surface area (Å²) in [7, 11) is 4.39. The summed E-state index contributed by atoms with van der Waals surface area (Å²) in [6.45, 7) is 2.57. The number of rotatable bonds is 5. The van der Waals surface area contributed by atoms with Crippen LogP contribution in [0, 0.1) is 0 Å². The van der Waals surface area contributed by atoms with Crippen molar-refractivity contribution in [2.75, 3.05) is 27.2 Å². The van der Waals surface area contributed by atoms with Gasteiger partial charge < -0.3 is 9.67 Å². The molecule has 1 spiro atoms. The maximum absolute atomic E-state index is 10.6. The first-order chi connectivity index (χ1) is 13.0. The van der Waals surface area contributed by atoms with Crippen LogP contribution in [0.5, 0.6) is 0 Å². The molecule has 0 amide bonds. The van der Waals surface area contributed by atoms with Gasteiger partial charge >= 0.3 is 0 Å². The van der Waals surface area contributed by atoms with Crippen LogP contribution in [0.15, 0.2) is 49.1 Å². The highest BCUT2D eigenvalue weighted by atomic mass is 16.3. The Morgan fingerprint density at radius 1 is 1.15 bits per heavy atom. The third-order valence-corrected chi connectivity index (χ3v) is 6.69. The van der Waals surface area contributed by atoms with Gasteiger partial charge in [0, 0.05) is 43.1 Å². The maximum Gasteiger partial charge on any atom is 0.163 e. The molecule has 1 unspecified atom stereocenters. The highest BCUT2D eigenvalue weighted by molar-refractivity contribution is 5.26. The molecule has 1 atom stereocenters. The fourth-order valence-corrected chi connectivity index (χ4v) is 4.94. The second-order valence-corrected chi connectivity index (χ2v) is 8.36. The first kappa shape index (κ1) is 18.6. The molecule has 1 aliphatic carbocycles. The van der Waals surface area contributed by atoms with Crippen molar-refractivity contribution in [3.05, 3.63) is 54.6 Å². The second kappa shape index (κ2) is 7.36. The molecule has 2 N–H and O–H groups in total. The standard InChI is InChI=1S/C21H31N5O/c1-24(2)21(18-6-4-3-5-7-18)10-8-20(9-11-21)16-26(19(27)23-20)15-14-25-13-12-22-17-25/h3-7,12-13,17,19,23,27H,8-11,14-16H2,1-2H3. The van der Waals surface area contributed by atoms with Crippen LogP contribution in [-0.2, 0) is 12.1 Å². The van der Waals surface area contributed by atoms with E-state index in [0.29, 0.717) is 0 Å². The van der Waals surface area contributed by atoms with Gasteiger partial charge in [0.2, 0.25) is 0 Å². The number of hydrogen-bond donors (Lipinski definition) is 2. The summed E-state index contributed by atoms with van der Waals surface area (Å²) < 4.78 is 2.06. The van der Waals surface area contributed by atoms with Crippen molar-refractivity contribution in [2.45, 2.75) is 49.7 Å². The number of nitrogens with one attached hydrogen (secondary N) is 1. The minimum Gasteiger partial charge on any atom is -0.365 e. The lowest BCUT2D eigenvalue weighted by molar-refractivity contribution is 0.0153. The Labute approximate surface area is 161 Å². The molecule has 1 aromatic heterocycles. The molecular weight excluding hydrogens is 338 g/mol. The van der Waals surface area contributed by atoms with E-state index in [1.807, 2.05) is 12.5 Å². The van der Waals surface area contributed by atoms with Crippen LogP contribution in [0.4, 0.5) is 0 Å². The van der Waals surface area contributed by atoms with E-state index in [2.05, 4.69) is 69.1 Å². The number of imidazole rings is 1. The summed E-state index contributed by atoms with van der Waals surface area (Å²) in [5, 5.41) is 14.1.